The maximum atomic E-state index is 12.4. The van der Waals surface area contributed by atoms with E-state index in [1.54, 1.807) is 25.5 Å². The first kappa shape index (κ1) is 11.1. The zero-order valence-corrected chi connectivity index (χ0v) is 8.62. The van der Waals surface area contributed by atoms with E-state index >= 15 is 0 Å². The van der Waals surface area contributed by atoms with Gasteiger partial charge in [-0.15, -0.1) is 0 Å². The molecular weight excluding hydrogens is 179 g/mol. The highest BCUT2D eigenvalue weighted by atomic mass is 19.1. The topological polar surface area (TPSA) is 25.8 Å². The molecule has 0 saturated carbocycles. The second-order valence-corrected chi connectivity index (χ2v) is 3.58. The van der Waals surface area contributed by atoms with Crippen molar-refractivity contribution >= 4 is 0 Å². The summed E-state index contributed by atoms with van der Waals surface area (Å²) in [6.07, 6.45) is 9.26. The van der Waals surface area contributed by atoms with Gasteiger partial charge < -0.3 is 0 Å². The molecule has 1 unspecified atom stereocenters. The van der Waals surface area contributed by atoms with Crippen LogP contribution in [0.3, 0.4) is 0 Å². The van der Waals surface area contributed by atoms with Gasteiger partial charge in [-0.2, -0.15) is 0 Å². The molecule has 0 radical (unpaired) electrons. The summed E-state index contributed by atoms with van der Waals surface area (Å²) in [5.74, 6) is 0. The lowest BCUT2D eigenvalue weighted by Crippen LogP contribution is -1.94. The van der Waals surface area contributed by atoms with E-state index in [1.165, 1.54) is 0 Å². The van der Waals surface area contributed by atoms with E-state index in [9.17, 15) is 4.39 Å². The first-order chi connectivity index (χ1) is 6.79. The number of hydrogen-bond donors (Lipinski definition) is 0. The van der Waals surface area contributed by atoms with E-state index in [4.69, 9.17) is 0 Å². The molecule has 14 heavy (non-hydrogen) atoms. The number of aromatic nitrogens is 2. The van der Waals surface area contributed by atoms with Crippen molar-refractivity contribution in [1.29, 1.82) is 0 Å². The minimum atomic E-state index is -0.661. The molecule has 0 aliphatic rings. The molecule has 0 aliphatic heterocycles. The molecular formula is C11H17FN2. The summed E-state index contributed by atoms with van der Waals surface area (Å²) in [7, 11) is 0. The van der Waals surface area contributed by atoms with Crippen LogP contribution in [0.4, 0.5) is 4.39 Å². The van der Waals surface area contributed by atoms with Gasteiger partial charge in [-0.05, 0) is 26.2 Å². The van der Waals surface area contributed by atoms with Crippen molar-refractivity contribution in [2.45, 2.75) is 45.2 Å². The number of rotatable bonds is 6. The van der Waals surface area contributed by atoms with Crippen molar-refractivity contribution < 1.29 is 4.39 Å². The van der Waals surface area contributed by atoms with Crippen molar-refractivity contribution in [2.24, 2.45) is 0 Å². The molecule has 1 aromatic heterocycles. The Morgan fingerprint density at radius 3 is 2.79 bits per heavy atom. The molecule has 2 nitrogen and oxygen atoms in total. The van der Waals surface area contributed by atoms with Crippen LogP contribution in [0.1, 0.15) is 38.3 Å². The van der Waals surface area contributed by atoms with Crippen LogP contribution in [0.5, 0.6) is 0 Å². The predicted molar refractivity (Wildman–Crippen MR) is 54.8 cm³/mol. The van der Waals surface area contributed by atoms with Gasteiger partial charge >= 0.3 is 0 Å². The Kier molecular flexibility index (Phi) is 5.12. The maximum absolute atomic E-state index is 12.4. The van der Waals surface area contributed by atoms with Crippen molar-refractivity contribution in [3.63, 3.8) is 0 Å². The van der Waals surface area contributed by atoms with Crippen molar-refractivity contribution in [3.8, 4) is 0 Å². The van der Waals surface area contributed by atoms with E-state index in [1.807, 2.05) is 0 Å². The van der Waals surface area contributed by atoms with Crippen LogP contribution < -0.4 is 0 Å². The Bertz CT molecular complexity index is 236. The molecule has 0 N–H and O–H groups in total. The highest BCUT2D eigenvalue weighted by Gasteiger charge is 1.98. The summed E-state index contributed by atoms with van der Waals surface area (Å²) in [5.41, 5.74) is 1.03. The summed E-state index contributed by atoms with van der Waals surface area (Å²) in [5, 5.41) is 0. The quantitative estimate of drug-likeness (QED) is 0.654. The predicted octanol–water partition coefficient (Wildman–Crippen LogP) is 2.94. The fraction of sp³-hybridized carbons (Fsp3) is 0.636. The Balaban J connectivity index is 2.05. The van der Waals surface area contributed by atoms with Crippen LogP contribution in [0.25, 0.3) is 0 Å². The van der Waals surface area contributed by atoms with Gasteiger partial charge in [-0.3, -0.25) is 9.97 Å². The Labute approximate surface area is 84.6 Å². The number of nitrogens with zero attached hydrogens (tertiary/aromatic N) is 2. The first-order valence-corrected chi connectivity index (χ1v) is 5.18. The summed E-state index contributed by atoms with van der Waals surface area (Å²) in [4.78, 5) is 8.16. The van der Waals surface area contributed by atoms with Gasteiger partial charge in [0.25, 0.3) is 0 Å². The Morgan fingerprint density at radius 2 is 2.14 bits per heavy atom. The number of unbranched alkanes of at least 4 members (excludes halogenated alkanes) is 2. The van der Waals surface area contributed by atoms with Crippen LogP contribution in [0, 0.1) is 0 Å². The molecule has 1 aromatic rings. The lowest BCUT2D eigenvalue weighted by Gasteiger charge is -2.01. The smallest absolute Gasteiger partial charge is 0.0973 e. The van der Waals surface area contributed by atoms with E-state index in [2.05, 4.69) is 9.97 Å². The molecule has 1 heterocycles. The third-order valence-electron chi connectivity index (χ3n) is 2.15. The third-order valence-corrected chi connectivity index (χ3v) is 2.15. The minimum Gasteiger partial charge on any atom is -0.261 e. The van der Waals surface area contributed by atoms with Gasteiger partial charge in [-0.25, -0.2) is 4.39 Å². The standard InChI is InChI=1S/C11H17FN2/c1-10(12)5-3-2-4-6-11-9-13-7-8-14-11/h7-10H,2-6H2,1H3. The molecule has 0 fully saturated rings. The van der Waals surface area contributed by atoms with Crippen molar-refractivity contribution in [3.05, 3.63) is 24.3 Å². The normalized spacial score (nSPS) is 12.7. The van der Waals surface area contributed by atoms with Crippen LogP contribution in [-0.2, 0) is 6.42 Å². The van der Waals surface area contributed by atoms with E-state index in [0.29, 0.717) is 6.42 Å². The van der Waals surface area contributed by atoms with Gasteiger partial charge in [0, 0.05) is 18.6 Å². The third kappa shape index (κ3) is 4.90. The molecule has 0 amide bonds. The van der Waals surface area contributed by atoms with Crippen molar-refractivity contribution in [1.82, 2.24) is 9.97 Å². The number of aryl methyl sites for hydroxylation is 1. The number of hydrogen-bond acceptors (Lipinski definition) is 2. The van der Waals surface area contributed by atoms with Crippen LogP contribution in [-0.4, -0.2) is 16.1 Å². The molecule has 0 bridgehead atoms. The molecule has 3 heteroatoms. The molecule has 0 aromatic carbocycles. The van der Waals surface area contributed by atoms with E-state index in [-0.39, 0.29) is 0 Å². The Hall–Kier alpha value is -0.990. The fourth-order valence-electron chi connectivity index (χ4n) is 1.37. The second-order valence-electron chi connectivity index (χ2n) is 3.58. The van der Waals surface area contributed by atoms with Crippen LogP contribution in [0.15, 0.2) is 18.6 Å². The highest BCUT2D eigenvalue weighted by molar-refractivity contribution is 4.94. The monoisotopic (exact) mass is 196 g/mol. The summed E-state index contributed by atoms with van der Waals surface area (Å²) in [6, 6.07) is 0. The number of halogens is 1. The van der Waals surface area contributed by atoms with Crippen LogP contribution in [0.2, 0.25) is 0 Å². The zero-order valence-electron chi connectivity index (χ0n) is 8.62. The average Bonchev–Trinajstić information content (AvgIpc) is 2.18. The SMILES string of the molecule is CC(F)CCCCCc1cnccn1. The summed E-state index contributed by atoms with van der Waals surface area (Å²) < 4.78 is 12.4. The van der Waals surface area contributed by atoms with Crippen LogP contribution >= 0.6 is 0 Å². The Morgan fingerprint density at radius 1 is 1.29 bits per heavy atom. The maximum Gasteiger partial charge on any atom is 0.0973 e. The van der Waals surface area contributed by atoms with E-state index < -0.39 is 6.17 Å². The second kappa shape index (κ2) is 6.46. The first-order valence-electron chi connectivity index (χ1n) is 5.18. The largest absolute Gasteiger partial charge is 0.261 e. The lowest BCUT2D eigenvalue weighted by molar-refractivity contribution is 0.330. The molecule has 1 atom stereocenters. The molecule has 1 rings (SSSR count). The van der Waals surface area contributed by atoms with Gasteiger partial charge in [0.15, 0.2) is 0 Å². The molecule has 0 aliphatic carbocycles. The van der Waals surface area contributed by atoms with Gasteiger partial charge in [0.05, 0.1) is 11.9 Å². The summed E-state index contributed by atoms with van der Waals surface area (Å²) >= 11 is 0. The highest BCUT2D eigenvalue weighted by Crippen LogP contribution is 2.08. The minimum absolute atomic E-state index is 0.661. The van der Waals surface area contributed by atoms with Gasteiger partial charge in [-0.1, -0.05) is 12.8 Å². The average molecular weight is 196 g/mol. The van der Waals surface area contributed by atoms with Gasteiger partial charge in [0.1, 0.15) is 0 Å². The fourth-order valence-corrected chi connectivity index (χ4v) is 1.37. The van der Waals surface area contributed by atoms with E-state index in [0.717, 1.165) is 31.4 Å². The van der Waals surface area contributed by atoms with Crippen molar-refractivity contribution in [2.75, 3.05) is 0 Å². The van der Waals surface area contributed by atoms with Gasteiger partial charge in [0.2, 0.25) is 0 Å². The molecule has 0 saturated heterocycles. The lowest BCUT2D eigenvalue weighted by atomic mass is 10.1. The zero-order chi connectivity index (χ0) is 10.2. The molecule has 78 valence electrons. The number of alkyl halides is 1. The summed E-state index contributed by atoms with van der Waals surface area (Å²) in [6.45, 7) is 1.61. The molecule has 0 spiro atoms.